The number of non-ortho nitro benzene ring substituents is 1. The van der Waals surface area contributed by atoms with Gasteiger partial charge in [0.2, 0.25) is 5.91 Å². The van der Waals surface area contributed by atoms with E-state index >= 15 is 0 Å². The first-order chi connectivity index (χ1) is 11.4. The van der Waals surface area contributed by atoms with Crippen LogP contribution in [-0.4, -0.2) is 10.8 Å². The van der Waals surface area contributed by atoms with Gasteiger partial charge in [-0.2, -0.15) is 0 Å². The van der Waals surface area contributed by atoms with Gasteiger partial charge in [0.05, 0.1) is 28.3 Å². The largest absolute Gasteiger partial charge is 0.464 e. The van der Waals surface area contributed by atoms with Crippen LogP contribution in [0.3, 0.4) is 0 Å². The van der Waals surface area contributed by atoms with E-state index in [1.165, 1.54) is 24.5 Å². The first-order valence-corrected chi connectivity index (χ1v) is 7.59. The summed E-state index contributed by atoms with van der Waals surface area (Å²) < 4.78 is 5.38. The third kappa shape index (κ3) is 3.34. The highest BCUT2D eigenvalue weighted by molar-refractivity contribution is 6.34. The maximum atomic E-state index is 12.2. The summed E-state index contributed by atoms with van der Waals surface area (Å²) in [4.78, 5) is 22.3. The maximum absolute atomic E-state index is 12.2. The molecule has 0 aliphatic rings. The fourth-order valence-electron chi connectivity index (χ4n) is 2.28. The van der Waals surface area contributed by atoms with Gasteiger partial charge < -0.3 is 9.73 Å². The minimum atomic E-state index is -0.557. The number of hydrogen-bond donors (Lipinski definition) is 1. The third-order valence-corrected chi connectivity index (χ3v) is 3.95. The molecular weight excluding hydrogens is 355 g/mol. The third-order valence-electron chi connectivity index (χ3n) is 3.40. The van der Waals surface area contributed by atoms with Crippen LogP contribution in [-0.2, 0) is 11.2 Å². The fourth-order valence-corrected chi connectivity index (χ4v) is 2.67. The number of nitro groups is 1. The quantitative estimate of drug-likeness (QED) is 0.530. The molecule has 1 aromatic heterocycles. The second-order valence-corrected chi connectivity index (χ2v) is 5.89. The first kappa shape index (κ1) is 16.3. The number of halogens is 2. The van der Waals surface area contributed by atoms with Crippen molar-refractivity contribution in [1.29, 1.82) is 0 Å². The monoisotopic (exact) mass is 364 g/mol. The number of rotatable bonds is 4. The number of nitrogens with one attached hydrogen (secondary N) is 1. The van der Waals surface area contributed by atoms with E-state index in [9.17, 15) is 14.9 Å². The summed E-state index contributed by atoms with van der Waals surface area (Å²) >= 11 is 11.9. The van der Waals surface area contributed by atoms with E-state index in [2.05, 4.69) is 5.32 Å². The Morgan fingerprint density at radius 3 is 2.71 bits per heavy atom. The van der Waals surface area contributed by atoms with Gasteiger partial charge in [-0.1, -0.05) is 23.2 Å². The lowest BCUT2D eigenvalue weighted by molar-refractivity contribution is -0.384. The van der Waals surface area contributed by atoms with Crippen molar-refractivity contribution in [3.8, 4) is 0 Å². The summed E-state index contributed by atoms with van der Waals surface area (Å²) in [7, 11) is 0. The summed E-state index contributed by atoms with van der Waals surface area (Å²) in [5, 5.41) is 14.7. The Labute approximate surface area is 146 Å². The standard InChI is InChI=1S/C16H10Cl2N2O4/c17-10-1-4-15-12(6-10)9(8-24-15)5-16(21)19-14-3-2-11(20(22)23)7-13(14)18/h1-4,6-8H,5H2,(H,19,21). The molecule has 2 aromatic carbocycles. The van der Waals surface area contributed by atoms with Crippen LogP contribution < -0.4 is 5.32 Å². The SMILES string of the molecule is O=C(Cc1coc2ccc(Cl)cc12)Nc1ccc([N+](=O)[O-])cc1Cl. The molecule has 122 valence electrons. The minimum Gasteiger partial charge on any atom is -0.464 e. The highest BCUT2D eigenvalue weighted by Gasteiger charge is 2.14. The van der Waals surface area contributed by atoms with E-state index in [1.807, 2.05) is 0 Å². The van der Waals surface area contributed by atoms with E-state index in [-0.39, 0.29) is 23.0 Å². The van der Waals surface area contributed by atoms with Gasteiger partial charge >= 0.3 is 0 Å². The lowest BCUT2D eigenvalue weighted by Gasteiger charge is -2.06. The smallest absolute Gasteiger partial charge is 0.271 e. The zero-order valence-electron chi connectivity index (χ0n) is 12.1. The predicted octanol–water partition coefficient (Wildman–Crippen LogP) is 4.83. The lowest BCUT2D eigenvalue weighted by atomic mass is 10.1. The van der Waals surface area contributed by atoms with Crippen LogP contribution in [0.15, 0.2) is 47.1 Å². The summed E-state index contributed by atoms with van der Waals surface area (Å²) in [6, 6.07) is 9.00. The minimum absolute atomic E-state index is 0.0562. The van der Waals surface area contributed by atoms with Crippen molar-refractivity contribution in [2.45, 2.75) is 6.42 Å². The lowest BCUT2D eigenvalue weighted by Crippen LogP contribution is -2.14. The number of nitro benzene ring substituents is 1. The van der Waals surface area contributed by atoms with E-state index in [0.29, 0.717) is 21.9 Å². The zero-order valence-corrected chi connectivity index (χ0v) is 13.6. The van der Waals surface area contributed by atoms with Gasteiger partial charge in [0, 0.05) is 28.1 Å². The number of amides is 1. The Bertz CT molecular complexity index is 952. The number of benzene rings is 2. The maximum Gasteiger partial charge on any atom is 0.271 e. The molecule has 24 heavy (non-hydrogen) atoms. The molecule has 6 nitrogen and oxygen atoms in total. The normalized spacial score (nSPS) is 10.8. The molecule has 0 unspecified atom stereocenters. The average Bonchev–Trinajstić information content (AvgIpc) is 2.91. The van der Waals surface area contributed by atoms with E-state index in [0.717, 1.165) is 5.39 Å². The van der Waals surface area contributed by atoms with Crippen molar-refractivity contribution in [2.75, 3.05) is 5.32 Å². The van der Waals surface area contributed by atoms with Crippen LogP contribution in [0.2, 0.25) is 10.0 Å². The van der Waals surface area contributed by atoms with Crippen molar-refractivity contribution < 1.29 is 14.1 Å². The highest BCUT2D eigenvalue weighted by Crippen LogP contribution is 2.28. The number of nitrogens with zero attached hydrogens (tertiary/aromatic N) is 1. The summed E-state index contributed by atoms with van der Waals surface area (Å²) in [5.41, 5.74) is 1.48. The van der Waals surface area contributed by atoms with Gasteiger partial charge in [0.15, 0.2) is 0 Å². The average molecular weight is 365 g/mol. The Balaban J connectivity index is 1.78. The van der Waals surface area contributed by atoms with Gasteiger partial charge in [-0.05, 0) is 24.3 Å². The zero-order chi connectivity index (χ0) is 17.3. The second-order valence-electron chi connectivity index (χ2n) is 5.05. The van der Waals surface area contributed by atoms with Crippen molar-refractivity contribution in [3.63, 3.8) is 0 Å². The Morgan fingerprint density at radius 2 is 2.00 bits per heavy atom. The number of hydrogen-bond acceptors (Lipinski definition) is 4. The molecule has 8 heteroatoms. The van der Waals surface area contributed by atoms with E-state index in [4.69, 9.17) is 27.6 Å². The van der Waals surface area contributed by atoms with Gasteiger partial charge in [-0.3, -0.25) is 14.9 Å². The fraction of sp³-hybridized carbons (Fsp3) is 0.0625. The number of carbonyl (C=O) groups excluding carboxylic acids is 1. The van der Waals surface area contributed by atoms with Crippen LogP contribution in [0.1, 0.15) is 5.56 Å². The molecule has 3 aromatic rings. The molecule has 0 spiro atoms. The van der Waals surface area contributed by atoms with E-state index in [1.54, 1.807) is 18.2 Å². The van der Waals surface area contributed by atoms with Crippen LogP contribution in [0, 0.1) is 10.1 Å². The summed E-state index contributed by atoms with van der Waals surface area (Å²) in [6.07, 6.45) is 1.55. The molecule has 0 aliphatic heterocycles. The topological polar surface area (TPSA) is 85.4 Å². The molecule has 0 aliphatic carbocycles. The molecule has 0 saturated heterocycles. The summed E-state index contributed by atoms with van der Waals surface area (Å²) in [6.45, 7) is 0. The highest BCUT2D eigenvalue weighted by atomic mass is 35.5. The predicted molar refractivity (Wildman–Crippen MR) is 91.7 cm³/mol. The molecule has 1 N–H and O–H groups in total. The van der Waals surface area contributed by atoms with Crippen molar-refractivity contribution in [1.82, 2.24) is 0 Å². The number of furan rings is 1. The Hall–Kier alpha value is -2.57. The van der Waals surface area contributed by atoms with Crippen molar-refractivity contribution >= 4 is 51.5 Å². The Morgan fingerprint density at radius 1 is 1.21 bits per heavy atom. The molecule has 0 saturated carbocycles. The van der Waals surface area contributed by atoms with Crippen LogP contribution >= 0.6 is 23.2 Å². The molecule has 3 rings (SSSR count). The molecular formula is C16H10Cl2N2O4. The molecule has 1 heterocycles. The second kappa shape index (κ2) is 6.51. The number of anilines is 1. The molecule has 0 bridgehead atoms. The van der Waals surface area contributed by atoms with Crippen LogP contribution in [0.25, 0.3) is 11.0 Å². The van der Waals surface area contributed by atoms with Gasteiger partial charge in [-0.25, -0.2) is 0 Å². The Kier molecular flexibility index (Phi) is 4.42. The summed E-state index contributed by atoms with van der Waals surface area (Å²) in [5.74, 6) is -0.326. The van der Waals surface area contributed by atoms with Crippen molar-refractivity contribution in [2.24, 2.45) is 0 Å². The van der Waals surface area contributed by atoms with Crippen molar-refractivity contribution in [3.05, 3.63) is 68.4 Å². The number of fused-ring (bicyclic) bond motifs is 1. The number of carbonyl (C=O) groups is 1. The van der Waals surface area contributed by atoms with Crippen LogP contribution in [0.5, 0.6) is 0 Å². The molecule has 0 radical (unpaired) electrons. The molecule has 1 amide bonds. The van der Waals surface area contributed by atoms with E-state index < -0.39 is 4.92 Å². The van der Waals surface area contributed by atoms with Crippen LogP contribution in [0.4, 0.5) is 11.4 Å². The molecule has 0 atom stereocenters. The molecule has 0 fully saturated rings. The van der Waals surface area contributed by atoms with Gasteiger partial charge in [0.25, 0.3) is 5.69 Å². The first-order valence-electron chi connectivity index (χ1n) is 6.83. The van der Waals surface area contributed by atoms with Gasteiger partial charge in [-0.15, -0.1) is 0 Å². The van der Waals surface area contributed by atoms with Gasteiger partial charge in [0.1, 0.15) is 5.58 Å².